The maximum absolute atomic E-state index is 13.0. The first-order valence-corrected chi connectivity index (χ1v) is 10.9. The first-order valence-electron chi connectivity index (χ1n) is 9.37. The molecule has 0 saturated heterocycles. The number of rotatable bonds is 7. The highest BCUT2D eigenvalue weighted by Gasteiger charge is 2.20. The van der Waals surface area contributed by atoms with Gasteiger partial charge in [0.15, 0.2) is 0 Å². The number of ether oxygens (including phenoxy) is 1. The molecule has 0 aliphatic carbocycles. The fourth-order valence-corrected chi connectivity index (χ4v) is 4.04. The highest BCUT2D eigenvalue weighted by atomic mass is 32.2. The zero-order valence-corrected chi connectivity index (χ0v) is 17.9. The van der Waals surface area contributed by atoms with Crippen LogP contribution in [0, 0.1) is 6.92 Å². The Hall–Kier alpha value is -3.32. The zero-order valence-electron chi connectivity index (χ0n) is 17.1. The third kappa shape index (κ3) is 4.99. The van der Waals surface area contributed by atoms with Crippen molar-refractivity contribution in [3.8, 4) is 5.75 Å². The van der Waals surface area contributed by atoms with Crippen LogP contribution in [0.15, 0.2) is 77.7 Å². The molecule has 0 bridgehead atoms. The molecule has 30 heavy (non-hydrogen) atoms. The predicted octanol–water partition coefficient (Wildman–Crippen LogP) is 4.08. The van der Waals surface area contributed by atoms with Crippen LogP contribution in [-0.4, -0.2) is 33.4 Å². The van der Waals surface area contributed by atoms with Gasteiger partial charge in [0, 0.05) is 13.6 Å². The third-order valence-corrected chi connectivity index (χ3v) is 6.04. The Labute approximate surface area is 177 Å². The number of aryl methyl sites for hydroxylation is 1. The molecule has 0 unspecified atom stereocenters. The lowest BCUT2D eigenvalue weighted by Crippen LogP contribution is -2.27. The second-order valence-corrected chi connectivity index (χ2v) is 8.66. The summed E-state index contributed by atoms with van der Waals surface area (Å²) in [6.45, 7) is 2.26. The van der Waals surface area contributed by atoms with Crippen LogP contribution in [0.1, 0.15) is 21.5 Å². The Kier molecular flexibility index (Phi) is 6.42. The van der Waals surface area contributed by atoms with Crippen LogP contribution in [0.5, 0.6) is 5.75 Å². The molecule has 0 saturated carbocycles. The molecule has 7 heteroatoms. The van der Waals surface area contributed by atoms with Crippen LogP contribution in [-0.2, 0) is 16.6 Å². The van der Waals surface area contributed by atoms with Crippen molar-refractivity contribution in [3.05, 3.63) is 89.5 Å². The summed E-state index contributed by atoms with van der Waals surface area (Å²) in [5.74, 6) is 0.455. The minimum atomic E-state index is -3.81. The molecule has 0 aliphatic heterocycles. The number of para-hydroxylation sites is 1. The normalized spacial score (nSPS) is 11.0. The van der Waals surface area contributed by atoms with Crippen LogP contribution in [0.25, 0.3) is 0 Å². The van der Waals surface area contributed by atoms with Gasteiger partial charge in [0.25, 0.3) is 15.9 Å². The number of carbonyl (C=O) groups is 1. The number of amides is 1. The molecule has 0 heterocycles. The van der Waals surface area contributed by atoms with Gasteiger partial charge in [0.1, 0.15) is 5.75 Å². The largest absolute Gasteiger partial charge is 0.497 e. The summed E-state index contributed by atoms with van der Waals surface area (Å²) in [5.41, 5.74) is 2.42. The Morgan fingerprint density at radius 2 is 1.60 bits per heavy atom. The molecule has 0 atom stereocenters. The van der Waals surface area contributed by atoms with Crippen molar-refractivity contribution in [2.24, 2.45) is 0 Å². The van der Waals surface area contributed by atoms with E-state index in [0.29, 0.717) is 6.54 Å². The quantitative estimate of drug-likeness (QED) is 0.620. The van der Waals surface area contributed by atoms with Gasteiger partial charge >= 0.3 is 0 Å². The number of benzene rings is 3. The lowest BCUT2D eigenvalue weighted by Gasteiger charge is -2.20. The number of nitrogens with one attached hydrogen (secondary N) is 1. The number of anilines is 1. The Morgan fingerprint density at radius 1 is 0.967 bits per heavy atom. The highest BCUT2D eigenvalue weighted by molar-refractivity contribution is 7.92. The molecule has 0 radical (unpaired) electrons. The fraction of sp³-hybridized carbons (Fsp3) is 0.174. The second-order valence-electron chi connectivity index (χ2n) is 6.97. The topological polar surface area (TPSA) is 75.7 Å². The van der Waals surface area contributed by atoms with Crippen molar-refractivity contribution in [3.63, 3.8) is 0 Å². The van der Waals surface area contributed by atoms with Crippen molar-refractivity contribution >= 4 is 21.6 Å². The van der Waals surface area contributed by atoms with Gasteiger partial charge < -0.3 is 9.64 Å². The number of nitrogens with zero attached hydrogens (tertiary/aromatic N) is 1. The molecule has 0 spiro atoms. The minimum absolute atomic E-state index is 0.141. The van der Waals surface area contributed by atoms with Crippen molar-refractivity contribution in [1.29, 1.82) is 0 Å². The number of carbonyl (C=O) groups excluding carboxylic acids is 1. The van der Waals surface area contributed by atoms with Crippen molar-refractivity contribution in [2.75, 3.05) is 18.9 Å². The van der Waals surface area contributed by atoms with Crippen LogP contribution >= 0.6 is 0 Å². The van der Waals surface area contributed by atoms with E-state index in [9.17, 15) is 13.2 Å². The van der Waals surface area contributed by atoms with E-state index in [1.54, 1.807) is 55.5 Å². The maximum atomic E-state index is 13.0. The summed E-state index contributed by atoms with van der Waals surface area (Å²) in [6, 6.07) is 20.6. The molecular weight excluding hydrogens is 400 g/mol. The van der Waals surface area contributed by atoms with Gasteiger partial charge in [-0.3, -0.25) is 9.52 Å². The summed E-state index contributed by atoms with van der Waals surface area (Å²) < 4.78 is 33.2. The second kappa shape index (κ2) is 9.00. The maximum Gasteiger partial charge on any atom is 0.261 e. The lowest BCUT2D eigenvalue weighted by molar-refractivity contribution is 0.0786. The van der Waals surface area contributed by atoms with E-state index >= 15 is 0 Å². The van der Waals surface area contributed by atoms with Gasteiger partial charge in [-0.25, -0.2) is 8.42 Å². The van der Waals surface area contributed by atoms with Crippen LogP contribution in [0.2, 0.25) is 0 Å². The molecule has 0 aromatic heterocycles. The third-order valence-electron chi connectivity index (χ3n) is 4.66. The van der Waals surface area contributed by atoms with Gasteiger partial charge in [-0.2, -0.15) is 0 Å². The van der Waals surface area contributed by atoms with Crippen molar-refractivity contribution < 1.29 is 17.9 Å². The fourth-order valence-electron chi connectivity index (χ4n) is 2.96. The highest BCUT2D eigenvalue weighted by Crippen LogP contribution is 2.22. The molecule has 3 rings (SSSR count). The molecule has 1 amide bonds. The van der Waals surface area contributed by atoms with E-state index in [0.717, 1.165) is 16.9 Å². The SMILES string of the molecule is COc1ccc(CN(C)C(=O)c2ccccc2NS(=O)(=O)c2ccc(C)cc2)cc1. The number of hydrogen-bond donors (Lipinski definition) is 1. The van der Waals surface area contributed by atoms with Gasteiger partial charge in [-0.15, -0.1) is 0 Å². The Balaban J connectivity index is 1.81. The number of sulfonamides is 1. The van der Waals surface area contributed by atoms with Crippen LogP contribution in [0.3, 0.4) is 0 Å². The molecule has 3 aromatic rings. The average Bonchev–Trinajstić information content (AvgIpc) is 2.74. The Morgan fingerprint density at radius 3 is 2.23 bits per heavy atom. The summed E-state index contributed by atoms with van der Waals surface area (Å²) in [4.78, 5) is 14.7. The molecule has 3 aromatic carbocycles. The molecule has 6 nitrogen and oxygen atoms in total. The van der Waals surface area contributed by atoms with Gasteiger partial charge in [0.05, 0.1) is 23.3 Å². The molecule has 0 fully saturated rings. The number of hydrogen-bond acceptors (Lipinski definition) is 4. The summed E-state index contributed by atoms with van der Waals surface area (Å²) in [6.07, 6.45) is 0. The van der Waals surface area contributed by atoms with E-state index in [1.165, 1.54) is 12.1 Å². The van der Waals surface area contributed by atoms with E-state index < -0.39 is 10.0 Å². The van der Waals surface area contributed by atoms with E-state index in [-0.39, 0.29) is 22.1 Å². The molecular formula is C23H24N2O4S. The monoisotopic (exact) mass is 424 g/mol. The first-order chi connectivity index (χ1) is 14.3. The molecule has 0 aliphatic rings. The van der Waals surface area contributed by atoms with Crippen LogP contribution < -0.4 is 9.46 Å². The Bertz CT molecular complexity index is 1120. The van der Waals surface area contributed by atoms with E-state index in [4.69, 9.17) is 4.74 Å². The summed E-state index contributed by atoms with van der Waals surface area (Å²) >= 11 is 0. The summed E-state index contributed by atoms with van der Waals surface area (Å²) in [7, 11) is -0.538. The average molecular weight is 425 g/mol. The lowest BCUT2D eigenvalue weighted by atomic mass is 10.1. The first kappa shape index (κ1) is 21.4. The smallest absolute Gasteiger partial charge is 0.261 e. The van der Waals surface area contributed by atoms with Gasteiger partial charge in [0.2, 0.25) is 0 Å². The molecule has 156 valence electrons. The standard InChI is InChI=1S/C23H24N2O4S/c1-17-8-14-20(15-9-17)30(27,28)24-22-7-5-4-6-21(22)23(26)25(2)16-18-10-12-19(29-3)13-11-18/h4-15,24H,16H2,1-3H3. The van der Waals surface area contributed by atoms with E-state index in [2.05, 4.69) is 4.72 Å². The summed E-state index contributed by atoms with van der Waals surface area (Å²) in [5, 5.41) is 0. The predicted molar refractivity (Wildman–Crippen MR) is 117 cm³/mol. The zero-order chi connectivity index (χ0) is 21.7. The number of methoxy groups -OCH3 is 1. The minimum Gasteiger partial charge on any atom is -0.497 e. The van der Waals surface area contributed by atoms with Gasteiger partial charge in [-0.1, -0.05) is 42.0 Å². The van der Waals surface area contributed by atoms with Gasteiger partial charge in [-0.05, 0) is 48.9 Å². The molecule has 1 N–H and O–H groups in total. The van der Waals surface area contributed by atoms with Crippen LogP contribution in [0.4, 0.5) is 5.69 Å². The van der Waals surface area contributed by atoms with E-state index in [1.807, 2.05) is 31.2 Å². The van der Waals surface area contributed by atoms with Crippen molar-refractivity contribution in [2.45, 2.75) is 18.4 Å². The van der Waals surface area contributed by atoms with Crippen molar-refractivity contribution in [1.82, 2.24) is 4.90 Å².